The van der Waals surface area contributed by atoms with Crippen LogP contribution >= 0.6 is 0 Å². The molecule has 2 aliphatic rings. The molecule has 0 saturated carbocycles. The molecule has 2 fully saturated rings. The Kier molecular flexibility index (Phi) is 10.3. The van der Waals surface area contributed by atoms with Crippen molar-refractivity contribution in [3.05, 3.63) is 65.7 Å². The molecule has 0 aliphatic carbocycles. The number of hydrogen-bond acceptors (Lipinski definition) is 6. The zero-order valence-corrected chi connectivity index (χ0v) is 23.8. The average Bonchev–Trinajstić information content (AvgIpc) is 3.39. The van der Waals surface area contributed by atoms with Crippen LogP contribution in [0.1, 0.15) is 54.9 Å². The molecule has 41 heavy (non-hydrogen) atoms. The second kappa shape index (κ2) is 14.1. The van der Waals surface area contributed by atoms with Crippen molar-refractivity contribution in [3.8, 4) is 5.75 Å². The largest absolute Gasteiger partial charge is 0.497 e. The Balaban J connectivity index is 1.44. The lowest BCUT2D eigenvalue weighted by Gasteiger charge is -2.32. The molecule has 5 atom stereocenters. The van der Waals surface area contributed by atoms with Crippen LogP contribution in [0.25, 0.3) is 0 Å². The van der Waals surface area contributed by atoms with Crippen molar-refractivity contribution in [2.75, 3.05) is 20.2 Å². The van der Waals surface area contributed by atoms with Gasteiger partial charge >= 0.3 is 0 Å². The van der Waals surface area contributed by atoms with Gasteiger partial charge in [0.2, 0.25) is 17.7 Å². The summed E-state index contributed by atoms with van der Waals surface area (Å²) in [6.45, 7) is 2.46. The second-order valence-corrected chi connectivity index (χ2v) is 10.8. The van der Waals surface area contributed by atoms with Crippen LogP contribution in [-0.4, -0.2) is 72.9 Å². The SMILES string of the molecule is CC[C@H](N)C(=O)N[C@@H]1C(=O)N2C(CCC1CNC(=O)c1ccccc1)CC[C@H]2C(=O)NCCc1ccc(OC)cc1. The van der Waals surface area contributed by atoms with Gasteiger partial charge in [-0.05, 0) is 68.4 Å². The maximum absolute atomic E-state index is 14.0. The summed E-state index contributed by atoms with van der Waals surface area (Å²) >= 11 is 0. The summed E-state index contributed by atoms with van der Waals surface area (Å²) in [5.41, 5.74) is 7.57. The van der Waals surface area contributed by atoms with Crippen LogP contribution in [0.5, 0.6) is 5.75 Å². The van der Waals surface area contributed by atoms with E-state index in [9.17, 15) is 19.2 Å². The maximum Gasteiger partial charge on any atom is 0.251 e. The van der Waals surface area contributed by atoms with E-state index in [1.807, 2.05) is 30.3 Å². The molecule has 5 N–H and O–H groups in total. The summed E-state index contributed by atoms with van der Waals surface area (Å²) in [4.78, 5) is 54.6. The number of nitrogens with two attached hydrogens (primary N) is 1. The zero-order chi connectivity index (χ0) is 29.4. The third-order valence-corrected chi connectivity index (χ3v) is 8.17. The van der Waals surface area contributed by atoms with Gasteiger partial charge in [0.25, 0.3) is 5.91 Å². The summed E-state index contributed by atoms with van der Waals surface area (Å²) in [6, 6.07) is 14.2. The average molecular weight is 564 g/mol. The molecule has 2 heterocycles. The van der Waals surface area contributed by atoms with Gasteiger partial charge in [-0.3, -0.25) is 19.2 Å². The number of nitrogens with zero attached hydrogens (tertiary/aromatic N) is 1. The summed E-state index contributed by atoms with van der Waals surface area (Å²) in [5.74, 6) is -0.714. The highest BCUT2D eigenvalue weighted by Crippen LogP contribution is 2.34. The van der Waals surface area contributed by atoms with Gasteiger partial charge < -0.3 is 31.3 Å². The lowest BCUT2D eigenvalue weighted by molar-refractivity contribution is -0.143. The molecule has 4 amide bonds. The number of nitrogens with one attached hydrogen (secondary N) is 3. The zero-order valence-electron chi connectivity index (χ0n) is 23.8. The number of ether oxygens (including phenoxy) is 1. The molecule has 10 heteroatoms. The van der Waals surface area contributed by atoms with E-state index in [0.717, 1.165) is 11.3 Å². The lowest BCUT2D eigenvalue weighted by Crippen LogP contribution is -2.59. The third kappa shape index (κ3) is 7.43. The van der Waals surface area contributed by atoms with Gasteiger partial charge in [0.1, 0.15) is 17.8 Å². The molecule has 0 bridgehead atoms. The number of hydrogen-bond donors (Lipinski definition) is 4. The molecule has 220 valence electrons. The van der Waals surface area contributed by atoms with E-state index in [2.05, 4.69) is 16.0 Å². The van der Waals surface area contributed by atoms with Crippen LogP contribution in [0.15, 0.2) is 54.6 Å². The summed E-state index contributed by atoms with van der Waals surface area (Å²) in [7, 11) is 1.62. The Morgan fingerprint density at radius 3 is 2.39 bits per heavy atom. The predicted octanol–water partition coefficient (Wildman–Crippen LogP) is 1.78. The van der Waals surface area contributed by atoms with E-state index in [1.54, 1.807) is 43.2 Å². The number of benzene rings is 2. The summed E-state index contributed by atoms with van der Waals surface area (Å²) in [6.07, 6.45) is 3.64. The summed E-state index contributed by atoms with van der Waals surface area (Å²) < 4.78 is 5.20. The van der Waals surface area contributed by atoms with Crippen molar-refractivity contribution < 1.29 is 23.9 Å². The lowest BCUT2D eigenvalue weighted by atomic mass is 9.92. The highest BCUT2D eigenvalue weighted by molar-refractivity contribution is 5.95. The number of carbonyl (C=O) groups excluding carboxylic acids is 4. The molecule has 2 unspecified atom stereocenters. The van der Waals surface area contributed by atoms with E-state index in [1.165, 1.54) is 0 Å². The van der Waals surface area contributed by atoms with E-state index in [4.69, 9.17) is 10.5 Å². The quantitative estimate of drug-likeness (QED) is 0.328. The minimum atomic E-state index is -0.895. The first kappa shape index (κ1) is 30.0. The Bertz CT molecular complexity index is 1210. The highest BCUT2D eigenvalue weighted by atomic mass is 16.5. The molecule has 0 spiro atoms. The number of amides is 4. The highest BCUT2D eigenvalue weighted by Gasteiger charge is 2.47. The standard InChI is InChI=1S/C31H41N5O5/c1-3-25(32)29(38)35-27-22(19-34-28(37)21-7-5-4-6-8-21)11-12-23-13-16-26(36(23)31(27)40)30(39)33-18-17-20-9-14-24(41-2)15-10-20/h4-10,14-15,22-23,25-27H,3,11-13,16-19,32H2,1-2H3,(H,33,39)(H,34,37)(H,35,38)/t22?,23?,25-,26-,27-/m0/s1. The number of methoxy groups -OCH3 is 1. The van der Waals surface area contributed by atoms with Crippen molar-refractivity contribution in [3.63, 3.8) is 0 Å². The van der Waals surface area contributed by atoms with Crippen molar-refractivity contribution in [1.82, 2.24) is 20.9 Å². The van der Waals surface area contributed by atoms with Crippen molar-refractivity contribution >= 4 is 23.6 Å². The maximum atomic E-state index is 14.0. The van der Waals surface area contributed by atoms with E-state index in [-0.39, 0.29) is 36.2 Å². The molecule has 2 aromatic carbocycles. The van der Waals surface area contributed by atoms with Crippen molar-refractivity contribution in [1.29, 1.82) is 0 Å². The molecule has 0 aromatic heterocycles. The monoisotopic (exact) mass is 563 g/mol. The minimum Gasteiger partial charge on any atom is -0.497 e. The van der Waals surface area contributed by atoms with E-state index in [0.29, 0.717) is 50.6 Å². The molecule has 4 rings (SSSR count). The van der Waals surface area contributed by atoms with Gasteiger partial charge in [0.05, 0.1) is 13.2 Å². The van der Waals surface area contributed by atoms with Crippen LogP contribution in [-0.2, 0) is 20.8 Å². The van der Waals surface area contributed by atoms with Gasteiger partial charge in [-0.2, -0.15) is 0 Å². The van der Waals surface area contributed by atoms with Crippen LogP contribution in [0, 0.1) is 5.92 Å². The first-order chi connectivity index (χ1) is 19.8. The molecule has 10 nitrogen and oxygen atoms in total. The number of carbonyl (C=O) groups is 4. The Hall–Kier alpha value is -3.92. The van der Waals surface area contributed by atoms with Crippen molar-refractivity contribution in [2.45, 2.75) is 69.6 Å². The Morgan fingerprint density at radius 1 is 1.00 bits per heavy atom. The summed E-state index contributed by atoms with van der Waals surface area (Å²) in [5, 5.41) is 8.80. The van der Waals surface area contributed by atoms with Gasteiger partial charge in [-0.15, -0.1) is 0 Å². The molecule has 0 radical (unpaired) electrons. The topological polar surface area (TPSA) is 143 Å². The fourth-order valence-electron chi connectivity index (χ4n) is 5.69. The van der Waals surface area contributed by atoms with Gasteiger partial charge in [-0.1, -0.05) is 37.3 Å². The molecular formula is C31H41N5O5. The number of rotatable bonds is 11. The first-order valence-electron chi connectivity index (χ1n) is 14.4. The van der Waals surface area contributed by atoms with Gasteiger partial charge in [-0.25, -0.2) is 0 Å². The molecular weight excluding hydrogens is 522 g/mol. The van der Waals surface area contributed by atoms with Crippen LogP contribution in [0.4, 0.5) is 0 Å². The Labute approximate surface area is 241 Å². The third-order valence-electron chi connectivity index (χ3n) is 8.17. The van der Waals surface area contributed by atoms with E-state index < -0.39 is 24.0 Å². The number of fused-ring (bicyclic) bond motifs is 1. The van der Waals surface area contributed by atoms with Crippen LogP contribution < -0.4 is 26.4 Å². The molecule has 2 saturated heterocycles. The van der Waals surface area contributed by atoms with Crippen LogP contribution in [0.2, 0.25) is 0 Å². The predicted molar refractivity (Wildman–Crippen MR) is 155 cm³/mol. The minimum absolute atomic E-state index is 0.103. The molecule has 2 aliphatic heterocycles. The van der Waals surface area contributed by atoms with Crippen molar-refractivity contribution in [2.24, 2.45) is 11.7 Å². The second-order valence-electron chi connectivity index (χ2n) is 10.8. The van der Waals surface area contributed by atoms with E-state index >= 15 is 0 Å². The molecule has 2 aromatic rings. The Morgan fingerprint density at radius 2 is 1.71 bits per heavy atom. The first-order valence-corrected chi connectivity index (χ1v) is 14.4. The van der Waals surface area contributed by atoms with Crippen LogP contribution in [0.3, 0.4) is 0 Å². The fraction of sp³-hybridized carbons (Fsp3) is 0.484. The van der Waals surface area contributed by atoms with Gasteiger partial charge in [0, 0.05) is 30.6 Å². The fourth-order valence-corrected chi connectivity index (χ4v) is 5.69. The smallest absolute Gasteiger partial charge is 0.251 e. The normalized spacial score (nSPS) is 22.7. The van der Waals surface area contributed by atoms with Gasteiger partial charge in [0.15, 0.2) is 0 Å².